The van der Waals surface area contributed by atoms with Crippen LogP contribution in [0.1, 0.15) is 32.8 Å². The summed E-state index contributed by atoms with van der Waals surface area (Å²) in [6.07, 6.45) is 0.175. The van der Waals surface area contributed by atoms with Gasteiger partial charge in [-0.1, -0.05) is 26.0 Å². The summed E-state index contributed by atoms with van der Waals surface area (Å²) in [5.41, 5.74) is 0.971. The maximum Gasteiger partial charge on any atom is 0.315 e. The lowest BCUT2D eigenvalue weighted by Crippen LogP contribution is -2.39. The van der Waals surface area contributed by atoms with Gasteiger partial charge in [0.25, 0.3) is 0 Å². The van der Waals surface area contributed by atoms with Crippen molar-refractivity contribution in [2.45, 2.75) is 39.8 Å². The standard InChI is InChI=1S/C16H26N2O3/c1-4-21-15-7-5-6-13(9-15)10-17-16(20)18-11-14(19)8-12(2)3/h5-7,9,12,14,19H,4,8,10-11H2,1-3H3,(H2,17,18,20). The zero-order valence-corrected chi connectivity index (χ0v) is 13.1. The van der Waals surface area contributed by atoms with Crippen molar-refractivity contribution in [3.8, 4) is 5.75 Å². The van der Waals surface area contributed by atoms with Crippen LogP contribution in [0.15, 0.2) is 24.3 Å². The van der Waals surface area contributed by atoms with Gasteiger partial charge in [-0.15, -0.1) is 0 Å². The monoisotopic (exact) mass is 294 g/mol. The first-order valence-electron chi connectivity index (χ1n) is 7.42. The average molecular weight is 294 g/mol. The Morgan fingerprint density at radius 3 is 2.76 bits per heavy atom. The molecule has 1 atom stereocenters. The van der Waals surface area contributed by atoms with E-state index >= 15 is 0 Å². The molecule has 2 amide bonds. The highest BCUT2D eigenvalue weighted by Crippen LogP contribution is 2.12. The smallest absolute Gasteiger partial charge is 0.315 e. The lowest BCUT2D eigenvalue weighted by Gasteiger charge is -2.14. The van der Waals surface area contributed by atoms with E-state index in [4.69, 9.17) is 4.74 Å². The summed E-state index contributed by atoms with van der Waals surface area (Å²) in [7, 11) is 0. The first-order valence-corrected chi connectivity index (χ1v) is 7.42. The fourth-order valence-corrected chi connectivity index (χ4v) is 1.99. The van der Waals surface area contributed by atoms with Crippen molar-refractivity contribution < 1.29 is 14.6 Å². The quantitative estimate of drug-likeness (QED) is 0.689. The molecule has 1 aromatic carbocycles. The van der Waals surface area contributed by atoms with Crippen LogP contribution >= 0.6 is 0 Å². The number of carbonyl (C=O) groups excluding carboxylic acids is 1. The third-order valence-electron chi connectivity index (χ3n) is 2.90. The molecular formula is C16H26N2O3. The first kappa shape index (κ1) is 17.3. The van der Waals surface area contributed by atoms with E-state index in [9.17, 15) is 9.90 Å². The molecule has 0 fully saturated rings. The lowest BCUT2D eigenvalue weighted by molar-refractivity contribution is 0.147. The lowest BCUT2D eigenvalue weighted by atomic mass is 10.1. The summed E-state index contributed by atoms with van der Waals surface area (Å²) in [4.78, 5) is 11.7. The van der Waals surface area contributed by atoms with E-state index in [0.717, 1.165) is 11.3 Å². The van der Waals surface area contributed by atoms with Gasteiger partial charge in [-0.25, -0.2) is 4.79 Å². The van der Waals surface area contributed by atoms with Gasteiger partial charge in [0.1, 0.15) is 5.75 Å². The van der Waals surface area contributed by atoms with Crippen LogP contribution < -0.4 is 15.4 Å². The van der Waals surface area contributed by atoms with Gasteiger partial charge < -0.3 is 20.5 Å². The molecule has 3 N–H and O–H groups in total. The molecule has 0 bridgehead atoms. The molecule has 0 saturated carbocycles. The van der Waals surface area contributed by atoms with Gasteiger partial charge in [0, 0.05) is 13.1 Å². The summed E-state index contributed by atoms with van der Waals surface area (Å²) >= 11 is 0. The second kappa shape index (κ2) is 9.23. The summed E-state index contributed by atoms with van der Waals surface area (Å²) in [5, 5.41) is 15.1. The van der Waals surface area contributed by atoms with Crippen molar-refractivity contribution in [1.29, 1.82) is 0 Å². The number of aliphatic hydroxyl groups is 1. The maximum absolute atomic E-state index is 11.7. The number of benzene rings is 1. The van der Waals surface area contributed by atoms with E-state index in [1.165, 1.54) is 0 Å². The summed E-state index contributed by atoms with van der Waals surface area (Å²) in [5.74, 6) is 1.20. The Balaban J connectivity index is 2.31. The SMILES string of the molecule is CCOc1cccc(CNC(=O)NCC(O)CC(C)C)c1. The molecule has 118 valence electrons. The third kappa shape index (κ3) is 7.56. The van der Waals surface area contributed by atoms with Gasteiger partial charge in [-0.2, -0.15) is 0 Å². The van der Waals surface area contributed by atoms with Crippen molar-refractivity contribution in [3.63, 3.8) is 0 Å². The fourth-order valence-electron chi connectivity index (χ4n) is 1.99. The summed E-state index contributed by atoms with van der Waals surface area (Å²) in [6.45, 7) is 7.31. The van der Waals surface area contributed by atoms with Crippen LogP contribution in [0.5, 0.6) is 5.75 Å². The van der Waals surface area contributed by atoms with Crippen molar-refractivity contribution in [1.82, 2.24) is 10.6 Å². The van der Waals surface area contributed by atoms with Crippen molar-refractivity contribution in [2.75, 3.05) is 13.2 Å². The minimum absolute atomic E-state index is 0.267. The predicted molar refractivity (Wildman–Crippen MR) is 83.3 cm³/mol. The molecule has 21 heavy (non-hydrogen) atoms. The number of urea groups is 1. The molecule has 1 rings (SSSR count). The van der Waals surface area contributed by atoms with Gasteiger partial charge in [-0.05, 0) is 37.0 Å². The molecule has 5 nitrogen and oxygen atoms in total. The zero-order valence-electron chi connectivity index (χ0n) is 13.1. The molecule has 0 aliphatic heterocycles. The molecule has 1 unspecified atom stereocenters. The van der Waals surface area contributed by atoms with E-state index in [1.807, 2.05) is 45.0 Å². The van der Waals surface area contributed by atoms with Gasteiger partial charge >= 0.3 is 6.03 Å². The second-order valence-electron chi connectivity index (χ2n) is 5.43. The number of hydrogen-bond acceptors (Lipinski definition) is 3. The predicted octanol–water partition coefficient (Wildman–Crippen LogP) is 2.29. The Bertz CT molecular complexity index is 435. The number of aliphatic hydroxyl groups excluding tert-OH is 1. The number of hydrogen-bond donors (Lipinski definition) is 3. The van der Waals surface area contributed by atoms with Crippen LogP contribution in [0.2, 0.25) is 0 Å². The topological polar surface area (TPSA) is 70.6 Å². The Morgan fingerprint density at radius 2 is 2.10 bits per heavy atom. The van der Waals surface area contributed by atoms with Crippen molar-refractivity contribution >= 4 is 6.03 Å². The summed E-state index contributed by atoms with van der Waals surface area (Å²) < 4.78 is 5.41. The Hall–Kier alpha value is -1.75. The van der Waals surface area contributed by atoms with Crippen LogP contribution in [0.3, 0.4) is 0 Å². The van der Waals surface area contributed by atoms with Gasteiger partial charge in [0.15, 0.2) is 0 Å². The normalized spacial score (nSPS) is 12.0. The molecule has 0 saturated heterocycles. The Kier molecular flexibility index (Phi) is 7.61. The fraction of sp³-hybridized carbons (Fsp3) is 0.562. The molecule has 0 radical (unpaired) electrons. The molecule has 0 heterocycles. The van der Waals surface area contributed by atoms with Gasteiger partial charge in [0.05, 0.1) is 12.7 Å². The number of carbonyl (C=O) groups is 1. The van der Waals surface area contributed by atoms with Crippen LogP contribution in [-0.2, 0) is 6.54 Å². The molecule has 0 spiro atoms. The highest BCUT2D eigenvalue weighted by Gasteiger charge is 2.08. The maximum atomic E-state index is 11.7. The molecule has 0 aromatic heterocycles. The van der Waals surface area contributed by atoms with E-state index in [1.54, 1.807) is 0 Å². The Labute approximate surface area is 126 Å². The molecule has 1 aromatic rings. The van der Waals surface area contributed by atoms with Gasteiger partial charge in [0.2, 0.25) is 0 Å². The Morgan fingerprint density at radius 1 is 1.33 bits per heavy atom. The molecular weight excluding hydrogens is 268 g/mol. The van der Waals surface area contributed by atoms with Gasteiger partial charge in [-0.3, -0.25) is 0 Å². The molecule has 0 aliphatic rings. The molecule has 0 aliphatic carbocycles. The largest absolute Gasteiger partial charge is 0.494 e. The van der Waals surface area contributed by atoms with E-state index in [0.29, 0.717) is 25.5 Å². The number of amides is 2. The highest BCUT2D eigenvalue weighted by molar-refractivity contribution is 5.73. The van der Waals surface area contributed by atoms with Crippen LogP contribution in [0.25, 0.3) is 0 Å². The first-order chi connectivity index (χ1) is 10.0. The number of nitrogens with one attached hydrogen (secondary N) is 2. The third-order valence-corrected chi connectivity index (χ3v) is 2.90. The molecule has 5 heteroatoms. The average Bonchev–Trinajstić information content (AvgIpc) is 2.43. The zero-order chi connectivity index (χ0) is 15.7. The van der Waals surface area contributed by atoms with Crippen LogP contribution in [-0.4, -0.2) is 30.4 Å². The van der Waals surface area contributed by atoms with Crippen molar-refractivity contribution in [2.24, 2.45) is 5.92 Å². The van der Waals surface area contributed by atoms with Crippen LogP contribution in [0.4, 0.5) is 4.79 Å². The van der Waals surface area contributed by atoms with Crippen molar-refractivity contribution in [3.05, 3.63) is 29.8 Å². The minimum Gasteiger partial charge on any atom is -0.494 e. The highest BCUT2D eigenvalue weighted by atomic mass is 16.5. The van der Waals surface area contributed by atoms with E-state index in [-0.39, 0.29) is 12.6 Å². The van der Waals surface area contributed by atoms with E-state index in [2.05, 4.69) is 10.6 Å². The second-order valence-corrected chi connectivity index (χ2v) is 5.43. The minimum atomic E-state index is -0.503. The van der Waals surface area contributed by atoms with Crippen LogP contribution in [0, 0.1) is 5.92 Å². The van der Waals surface area contributed by atoms with E-state index < -0.39 is 6.10 Å². The number of rotatable bonds is 8. The number of ether oxygens (including phenoxy) is 1. The summed E-state index contributed by atoms with van der Waals surface area (Å²) in [6, 6.07) is 7.33.